The van der Waals surface area contributed by atoms with E-state index >= 15 is 0 Å². The van der Waals surface area contributed by atoms with Crippen LogP contribution in [0.4, 0.5) is 0 Å². The molecule has 0 N–H and O–H groups in total. The maximum atomic E-state index is 13.0. The minimum Gasteiger partial charge on any atom is -0.300 e. The van der Waals surface area contributed by atoms with E-state index in [1.54, 1.807) is 16.4 Å². The molecule has 0 aliphatic carbocycles. The van der Waals surface area contributed by atoms with Crippen molar-refractivity contribution in [3.05, 3.63) is 29.8 Å². The van der Waals surface area contributed by atoms with Gasteiger partial charge in [-0.25, -0.2) is 8.42 Å². The highest BCUT2D eigenvalue weighted by molar-refractivity contribution is 7.89. The maximum Gasteiger partial charge on any atom is 0.243 e. The van der Waals surface area contributed by atoms with E-state index in [0.717, 1.165) is 24.3 Å². The van der Waals surface area contributed by atoms with Gasteiger partial charge in [0.25, 0.3) is 0 Å². The smallest absolute Gasteiger partial charge is 0.243 e. The fourth-order valence-electron chi connectivity index (χ4n) is 4.12. The Morgan fingerprint density at radius 2 is 1.42 bits per heavy atom. The van der Waals surface area contributed by atoms with Gasteiger partial charge in [0, 0.05) is 19.1 Å². The lowest BCUT2D eigenvalue weighted by Crippen LogP contribution is -2.48. The zero-order valence-corrected chi connectivity index (χ0v) is 17.6. The molecule has 1 aromatic rings. The minimum absolute atomic E-state index is 0.0343. The van der Waals surface area contributed by atoms with Gasteiger partial charge in [-0.1, -0.05) is 39.8 Å². The van der Waals surface area contributed by atoms with Crippen LogP contribution in [0.3, 0.4) is 0 Å². The van der Waals surface area contributed by atoms with E-state index in [1.165, 1.54) is 25.9 Å². The molecule has 3 rings (SSSR count). The summed E-state index contributed by atoms with van der Waals surface area (Å²) in [6.07, 6.45) is 4.46. The molecule has 0 aromatic heterocycles. The summed E-state index contributed by atoms with van der Waals surface area (Å²) in [6.45, 7) is 12.4. The van der Waals surface area contributed by atoms with Crippen molar-refractivity contribution in [3.63, 3.8) is 0 Å². The van der Waals surface area contributed by atoms with Crippen molar-refractivity contribution in [1.82, 2.24) is 9.21 Å². The van der Waals surface area contributed by atoms with Gasteiger partial charge in [0.1, 0.15) is 0 Å². The lowest BCUT2D eigenvalue weighted by molar-refractivity contribution is 0.101. The molecular weight excluding hydrogens is 344 g/mol. The van der Waals surface area contributed by atoms with Crippen LogP contribution in [-0.2, 0) is 15.4 Å². The van der Waals surface area contributed by atoms with Gasteiger partial charge in [-0.3, -0.25) is 0 Å². The van der Waals surface area contributed by atoms with Crippen molar-refractivity contribution in [3.8, 4) is 0 Å². The molecule has 2 aliphatic heterocycles. The molecule has 1 aromatic carbocycles. The summed E-state index contributed by atoms with van der Waals surface area (Å²) >= 11 is 0. The van der Waals surface area contributed by atoms with Crippen molar-refractivity contribution >= 4 is 10.0 Å². The molecule has 2 saturated heterocycles. The van der Waals surface area contributed by atoms with Crippen LogP contribution in [0.5, 0.6) is 0 Å². The summed E-state index contributed by atoms with van der Waals surface area (Å²) in [7, 11) is -3.37. The Labute approximate surface area is 159 Å². The molecule has 0 saturated carbocycles. The van der Waals surface area contributed by atoms with Gasteiger partial charge < -0.3 is 4.90 Å². The van der Waals surface area contributed by atoms with Gasteiger partial charge in [0.15, 0.2) is 0 Å². The number of nitrogens with zero attached hydrogens (tertiary/aromatic N) is 2. The maximum absolute atomic E-state index is 13.0. The normalized spacial score (nSPS) is 22.6. The second-order valence-corrected chi connectivity index (χ2v) is 11.1. The largest absolute Gasteiger partial charge is 0.300 e. The Morgan fingerprint density at radius 1 is 0.885 bits per heavy atom. The van der Waals surface area contributed by atoms with Crippen LogP contribution in [0.1, 0.15) is 58.9 Å². The van der Waals surface area contributed by atoms with E-state index in [9.17, 15) is 8.42 Å². The van der Waals surface area contributed by atoms with Gasteiger partial charge in [-0.15, -0.1) is 0 Å². The third-order valence-corrected chi connectivity index (χ3v) is 8.03. The fourth-order valence-corrected chi connectivity index (χ4v) is 5.59. The Morgan fingerprint density at radius 3 is 1.92 bits per heavy atom. The second-order valence-electron chi connectivity index (χ2n) is 9.13. The van der Waals surface area contributed by atoms with Crippen LogP contribution >= 0.6 is 0 Å². The molecule has 0 unspecified atom stereocenters. The van der Waals surface area contributed by atoms with Gasteiger partial charge in [-0.05, 0) is 67.8 Å². The summed E-state index contributed by atoms with van der Waals surface area (Å²) in [5.74, 6) is 0.836. The van der Waals surface area contributed by atoms with Crippen LogP contribution in [-0.4, -0.2) is 49.8 Å². The number of piperidine rings is 2. The molecule has 2 aliphatic rings. The van der Waals surface area contributed by atoms with E-state index in [-0.39, 0.29) is 5.41 Å². The highest BCUT2D eigenvalue weighted by Gasteiger charge is 2.32. The SMILES string of the molecule is CC1CCN(C2CCN(S(=O)(=O)c3ccc(C(C)(C)C)cc3)CC2)CC1. The Kier molecular flexibility index (Phi) is 5.80. The molecule has 146 valence electrons. The Balaban J connectivity index is 1.63. The summed E-state index contributed by atoms with van der Waals surface area (Å²) in [6, 6.07) is 8.00. The molecule has 0 atom stereocenters. The average Bonchev–Trinajstić information content (AvgIpc) is 2.62. The fraction of sp³-hybridized carbons (Fsp3) is 0.714. The van der Waals surface area contributed by atoms with Gasteiger partial charge in [0.05, 0.1) is 4.90 Å². The first-order valence-corrected chi connectivity index (χ1v) is 11.5. The Bertz CT molecular complexity index is 691. The van der Waals surface area contributed by atoms with Crippen LogP contribution in [0.15, 0.2) is 29.2 Å². The molecule has 0 bridgehead atoms. The summed E-state index contributed by atoms with van der Waals surface area (Å²) in [4.78, 5) is 3.01. The standard InChI is InChI=1S/C21H34N2O2S/c1-17-9-13-22(14-10-17)19-11-15-23(16-12-19)26(24,25)20-7-5-18(6-8-20)21(2,3)4/h5-8,17,19H,9-16H2,1-4H3. The van der Waals surface area contributed by atoms with E-state index in [1.807, 2.05) is 12.1 Å². The lowest BCUT2D eigenvalue weighted by atomic mass is 9.87. The third-order valence-electron chi connectivity index (χ3n) is 6.12. The number of rotatable bonds is 3. The molecule has 0 spiro atoms. The first-order valence-electron chi connectivity index (χ1n) is 10.0. The zero-order valence-electron chi connectivity index (χ0n) is 16.7. The second kappa shape index (κ2) is 7.61. The number of likely N-dealkylation sites (tertiary alicyclic amines) is 1. The monoisotopic (exact) mass is 378 g/mol. The van der Waals surface area contributed by atoms with Gasteiger partial charge in [0.2, 0.25) is 10.0 Å². The van der Waals surface area contributed by atoms with E-state index in [2.05, 4.69) is 32.6 Å². The van der Waals surface area contributed by atoms with Crippen LogP contribution in [0.2, 0.25) is 0 Å². The zero-order chi connectivity index (χ0) is 18.9. The molecule has 0 amide bonds. The van der Waals surface area contributed by atoms with E-state index in [0.29, 0.717) is 24.0 Å². The first kappa shape index (κ1) is 19.8. The van der Waals surface area contributed by atoms with E-state index in [4.69, 9.17) is 0 Å². The number of hydrogen-bond acceptors (Lipinski definition) is 3. The topological polar surface area (TPSA) is 40.6 Å². The van der Waals surface area contributed by atoms with Crippen LogP contribution < -0.4 is 0 Å². The Hall–Kier alpha value is -0.910. The lowest BCUT2D eigenvalue weighted by Gasteiger charge is -2.41. The summed E-state index contributed by atoms with van der Waals surface area (Å²) in [5.41, 5.74) is 1.20. The van der Waals surface area contributed by atoms with Crippen molar-refractivity contribution in [2.75, 3.05) is 26.2 Å². The van der Waals surface area contributed by atoms with Crippen molar-refractivity contribution < 1.29 is 8.42 Å². The summed E-state index contributed by atoms with van der Waals surface area (Å²) in [5, 5.41) is 0. The quantitative estimate of drug-likeness (QED) is 0.802. The van der Waals surface area contributed by atoms with Crippen molar-refractivity contribution in [2.45, 2.75) is 69.7 Å². The van der Waals surface area contributed by atoms with Gasteiger partial charge >= 0.3 is 0 Å². The summed E-state index contributed by atoms with van der Waals surface area (Å²) < 4.78 is 27.7. The predicted molar refractivity (Wildman–Crippen MR) is 107 cm³/mol. The molecule has 2 heterocycles. The van der Waals surface area contributed by atoms with Crippen molar-refractivity contribution in [1.29, 1.82) is 0 Å². The molecule has 4 nitrogen and oxygen atoms in total. The van der Waals surface area contributed by atoms with E-state index < -0.39 is 10.0 Å². The number of sulfonamides is 1. The third kappa shape index (κ3) is 4.32. The number of hydrogen-bond donors (Lipinski definition) is 0. The minimum atomic E-state index is -3.37. The predicted octanol–water partition coefficient (Wildman–Crippen LogP) is 3.87. The first-order chi connectivity index (χ1) is 12.2. The highest BCUT2D eigenvalue weighted by Crippen LogP contribution is 2.28. The molecule has 5 heteroatoms. The molecule has 26 heavy (non-hydrogen) atoms. The molecule has 0 radical (unpaired) electrons. The number of benzene rings is 1. The molecular formula is C21H34N2O2S. The van der Waals surface area contributed by atoms with Crippen molar-refractivity contribution in [2.24, 2.45) is 5.92 Å². The average molecular weight is 379 g/mol. The highest BCUT2D eigenvalue weighted by atomic mass is 32.2. The van der Waals surface area contributed by atoms with Gasteiger partial charge in [-0.2, -0.15) is 4.31 Å². The molecule has 2 fully saturated rings. The van der Waals surface area contributed by atoms with Crippen LogP contribution in [0, 0.1) is 5.92 Å². The van der Waals surface area contributed by atoms with Crippen LogP contribution in [0.25, 0.3) is 0 Å².